The molecule has 144 valence electrons. The van der Waals surface area contributed by atoms with Crippen LogP contribution in [-0.4, -0.2) is 45.7 Å². The Bertz CT molecular complexity index is 878. The van der Waals surface area contributed by atoms with Gasteiger partial charge in [-0.1, -0.05) is 0 Å². The van der Waals surface area contributed by atoms with E-state index in [-0.39, 0.29) is 29.3 Å². The third-order valence-electron chi connectivity index (χ3n) is 4.43. The van der Waals surface area contributed by atoms with Crippen molar-refractivity contribution >= 4 is 40.6 Å². The molecule has 27 heavy (non-hydrogen) atoms. The monoisotopic (exact) mass is 417 g/mol. The molecule has 2 aliphatic rings. The standard InChI is InChI=1S/C17H14ClF2NO5S/c1-7-9(4-14(23)24)10-3-13(22)11(18)5-12(10)21(7)16(25)8-2-15(27-6-8)26-17(19)20/h2-3,6,11-12,17H,4-5H2,1H3,(H,23,24). The number of alkyl halides is 3. The fraction of sp³-hybridized carbons (Fsp3) is 0.353. The minimum absolute atomic E-state index is 0.107. The zero-order chi connectivity index (χ0) is 19.9. The molecule has 2 atom stereocenters. The summed E-state index contributed by atoms with van der Waals surface area (Å²) in [5.74, 6) is -1.93. The van der Waals surface area contributed by atoms with Crippen LogP contribution in [0.5, 0.6) is 5.06 Å². The molecule has 10 heteroatoms. The summed E-state index contributed by atoms with van der Waals surface area (Å²) in [4.78, 5) is 37.5. The second-order valence-electron chi connectivity index (χ2n) is 6.06. The highest BCUT2D eigenvalue weighted by atomic mass is 35.5. The van der Waals surface area contributed by atoms with Crippen LogP contribution in [-0.2, 0) is 9.59 Å². The third kappa shape index (κ3) is 3.74. The maximum absolute atomic E-state index is 13.0. The van der Waals surface area contributed by atoms with E-state index >= 15 is 0 Å². The number of fused-ring (bicyclic) bond motifs is 1. The van der Waals surface area contributed by atoms with Crippen molar-refractivity contribution in [1.82, 2.24) is 4.90 Å². The molecule has 0 saturated carbocycles. The molecule has 1 aromatic rings. The zero-order valence-electron chi connectivity index (χ0n) is 13.9. The van der Waals surface area contributed by atoms with E-state index in [2.05, 4.69) is 4.74 Å². The Labute approximate surface area is 161 Å². The highest BCUT2D eigenvalue weighted by Gasteiger charge is 2.43. The summed E-state index contributed by atoms with van der Waals surface area (Å²) in [7, 11) is 0. The van der Waals surface area contributed by atoms with E-state index in [0.29, 0.717) is 16.8 Å². The highest BCUT2D eigenvalue weighted by molar-refractivity contribution is 7.12. The third-order valence-corrected chi connectivity index (χ3v) is 5.64. The predicted octanol–water partition coefficient (Wildman–Crippen LogP) is 3.43. The van der Waals surface area contributed by atoms with Crippen molar-refractivity contribution < 1.29 is 33.0 Å². The number of carbonyl (C=O) groups is 3. The van der Waals surface area contributed by atoms with Crippen molar-refractivity contribution in [3.8, 4) is 5.06 Å². The maximum atomic E-state index is 13.0. The van der Waals surface area contributed by atoms with Crippen LogP contribution in [0.4, 0.5) is 8.78 Å². The normalized spacial score (nSPS) is 22.2. The van der Waals surface area contributed by atoms with Crippen LogP contribution in [0.1, 0.15) is 30.1 Å². The smallest absolute Gasteiger partial charge is 0.388 e. The molecule has 0 radical (unpaired) electrons. The molecular weight excluding hydrogens is 404 g/mol. The van der Waals surface area contributed by atoms with E-state index in [1.807, 2.05) is 0 Å². The minimum Gasteiger partial charge on any atom is -0.481 e. The SMILES string of the molecule is CC1=C(CC(=O)O)C2=CC(=O)C(Cl)CC2N1C(=O)c1csc(OC(F)F)c1. The van der Waals surface area contributed by atoms with Gasteiger partial charge in [0.2, 0.25) is 0 Å². The predicted molar refractivity (Wildman–Crippen MR) is 93.2 cm³/mol. The van der Waals surface area contributed by atoms with Crippen molar-refractivity contribution in [3.63, 3.8) is 0 Å². The van der Waals surface area contributed by atoms with E-state index in [4.69, 9.17) is 16.7 Å². The van der Waals surface area contributed by atoms with Gasteiger partial charge in [-0.2, -0.15) is 8.78 Å². The molecule has 6 nitrogen and oxygen atoms in total. The zero-order valence-corrected chi connectivity index (χ0v) is 15.5. The van der Waals surface area contributed by atoms with Gasteiger partial charge in [-0.3, -0.25) is 14.4 Å². The van der Waals surface area contributed by atoms with E-state index in [1.165, 1.54) is 22.4 Å². The quantitative estimate of drug-likeness (QED) is 0.742. The topological polar surface area (TPSA) is 83.9 Å². The number of allylic oxidation sites excluding steroid dienone is 2. The van der Waals surface area contributed by atoms with Crippen LogP contribution >= 0.6 is 22.9 Å². The second kappa shape index (κ2) is 7.40. The first kappa shape index (κ1) is 19.5. The molecule has 0 aromatic carbocycles. The molecule has 0 fully saturated rings. The summed E-state index contributed by atoms with van der Waals surface area (Å²) < 4.78 is 29.0. The summed E-state index contributed by atoms with van der Waals surface area (Å²) in [6.07, 6.45) is 1.09. The van der Waals surface area contributed by atoms with Gasteiger partial charge in [-0.25, -0.2) is 0 Å². The van der Waals surface area contributed by atoms with Crippen molar-refractivity contribution in [2.24, 2.45) is 0 Å². The number of hydrogen-bond acceptors (Lipinski definition) is 5. The molecule has 3 rings (SSSR count). The minimum atomic E-state index is -3.00. The Balaban J connectivity index is 1.97. The first-order valence-corrected chi connectivity index (χ1v) is 9.19. The number of ether oxygens (including phenoxy) is 1. The molecule has 0 spiro atoms. The van der Waals surface area contributed by atoms with Gasteiger partial charge < -0.3 is 14.7 Å². The van der Waals surface area contributed by atoms with Gasteiger partial charge in [0, 0.05) is 17.1 Å². The molecule has 0 bridgehead atoms. The Morgan fingerprint density at radius 2 is 2.19 bits per heavy atom. The van der Waals surface area contributed by atoms with Crippen LogP contribution in [0.15, 0.2) is 34.4 Å². The van der Waals surface area contributed by atoms with Crippen molar-refractivity contribution in [3.05, 3.63) is 39.9 Å². The van der Waals surface area contributed by atoms with Crippen LogP contribution in [0.25, 0.3) is 0 Å². The number of amides is 1. The number of nitrogens with zero attached hydrogens (tertiary/aromatic N) is 1. The van der Waals surface area contributed by atoms with Gasteiger partial charge in [0.05, 0.1) is 23.4 Å². The van der Waals surface area contributed by atoms with Gasteiger partial charge in [0.1, 0.15) is 0 Å². The van der Waals surface area contributed by atoms with E-state index in [9.17, 15) is 23.2 Å². The molecule has 2 unspecified atom stereocenters. The van der Waals surface area contributed by atoms with E-state index in [1.54, 1.807) is 6.92 Å². The Hall–Kier alpha value is -2.26. The Morgan fingerprint density at radius 3 is 2.81 bits per heavy atom. The van der Waals surface area contributed by atoms with Crippen molar-refractivity contribution in [2.45, 2.75) is 37.8 Å². The van der Waals surface area contributed by atoms with Crippen LogP contribution in [0.3, 0.4) is 0 Å². The van der Waals surface area contributed by atoms with Gasteiger partial charge in [0.25, 0.3) is 5.91 Å². The molecule has 1 N–H and O–H groups in total. The van der Waals surface area contributed by atoms with Crippen LogP contribution in [0, 0.1) is 0 Å². The summed E-state index contributed by atoms with van der Waals surface area (Å²) in [6, 6.07) is 0.628. The average Bonchev–Trinajstić information content (AvgIpc) is 3.11. The highest BCUT2D eigenvalue weighted by Crippen LogP contribution is 2.42. The largest absolute Gasteiger partial charge is 0.481 e. The number of halogens is 3. The molecule has 0 saturated heterocycles. The molecular formula is C17H14ClF2NO5S. The number of carboxylic acid groups (broad SMARTS) is 1. The number of carbonyl (C=O) groups excluding carboxylic acids is 2. The molecule has 1 amide bonds. The summed E-state index contributed by atoms with van der Waals surface area (Å²) in [5.41, 5.74) is 1.38. The number of rotatable bonds is 5. The van der Waals surface area contributed by atoms with Crippen molar-refractivity contribution in [1.29, 1.82) is 0 Å². The van der Waals surface area contributed by atoms with Crippen LogP contribution < -0.4 is 4.74 Å². The lowest BCUT2D eigenvalue weighted by molar-refractivity contribution is -0.136. The van der Waals surface area contributed by atoms with Gasteiger partial charge in [0.15, 0.2) is 10.8 Å². The van der Waals surface area contributed by atoms with Gasteiger partial charge >= 0.3 is 12.6 Å². The van der Waals surface area contributed by atoms with Gasteiger partial charge in [-0.15, -0.1) is 22.9 Å². The number of aliphatic carboxylic acids is 1. The fourth-order valence-electron chi connectivity index (χ4n) is 3.29. The maximum Gasteiger partial charge on any atom is 0.388 e. The lowest BCUT2D eigenvalue weighted by atomic mass is 9.89. The Morgan fingerprint density at radius 1 is 1.48 bits per heavy atom. The molecule has 1 aromatic heterocycles. The number of carboxylic acids is 1. The lowest BCUT2D eigenvalue weighted by Gasteiger charge is -2.30. The number of thiophene rings is 1. The number of ketones is 1. The fourth-order valence-corrected chi connectivity index (χ4v) is 4.26. The van der Waals surface area contributed by atoms with E-state index < -0.39 is 29.9 Å². The molecule has 1 aliphatic heterocycles. The average molecular weight is 418 g/mol. The van der Waals surface area contributed by atoms with Crippen molar-refractivity contribution in [2.75, 3.05) is 0 Å². The van der Waals surface area contributed by atoms with E-state index in [0.717, 1.165) is 11.3 Å². The Kier molecular flexibility index (Phi) is 5.34. The van der Waals surface area contributed by atoms with Crippen LogP contribution in [0.2, 0.25) is 0 Å². The second-order valence-corrected chi connectivity index (χ2v) is 7.46. The first-order chi connectivity index (χ1) is 12.7. The number of hydrogen-bond donors (Lipinski definition) is 1. The first-order valence-electron chi connectivity index (χ1n) is 7.87. The summed E-state index contributed by atoms with van der Waals surface area (Å²) >= 11 is 6.90. The molecule has 2 heterocycles. The summed E-state index contributed by atoms with van der Waals surface area (Å²) in [6.45, 7) is -1.41. The lowest BCUT2D eigenvalue weighted by Crippen LogP contribution is -2.40. The van der Waals surface area contributed by atoms with Gasteiger partial charge in [-0.05, 0) is 30.6 Å². The summed E-state index contributed by atoms with van der Waals surface area (Å²) in [5, 5.41) is 9.62. The molecule has 1 aliphatic carbocycles.